The Kier molecular flexibility index (Phi) is 3.08. The fourth-order valence-electron chi connectivity index (χ4n) is 3.69. The molecule has 100 valence electrons. The molecule has 1 aromatic rings. The third-order valence-corrected chi connectivity index (χ3v) is 4.81. The Morgan fingerprint density at radius 2 is 2.00 bits per heavy atom. The van der Waals surface area contributed by atoms with Crippen molar-refractivity contribution in [1.82, 2.24) is 9.55 Å². The maximum Gasteiger partial charge on any atom is 0.127 e. The van der Waals surface area contributed by atoms with Crippen molar-refractivity contribution in [2.45, 2.75) is 64.8 Å². The van der Waals surface area contributed by atoms with E-state index < -0.39 is 0 Å². The number of imidazole rings is 1. The van der Waals surface area contributed by atoms with Gasteiger partial charge in [0.05, 0.1) is 5.69 Å². The van der Waals surface area contributed by atoms with Crippen molar-refractivity contribution < 1.29 is 0 Å². The summed E-state index contributed by atoms with van der Waals surface area (Å²) < 4.78 is 2.27. The van der Waals surface area contributed by atoms with Gasteiger partial charge in [-0.1, -0.05) is 26.7 Å². The second-order valence-electron chi connectivity index (χ2n) is 6.52. The average Bonchev–Trinajstić information content (AvgIpc) is 2.66. The van der Waals surface area contributed by atoms with Crippen molar-refractivity contribution in [3.05, 3.63) is 11.5 Å². The Morgan fingerprint density at radius 3 is 2.78 bits per heavy atom. The first-order chi connectivity index (χ1) is 8.65. The zero-order chi connectivity index (χ0) is 12.7. The van der Waals surface area contributed by atoms with Crippen LogP contribution in [0.1, 0.15) is 63.4 Å². The molecule has 3 heteroatoms. The van der Waals surface area contributed by atoms with Gasteiger partial charge >= 0.3 is 0 Å². The van der Waals surface area contributed by atoms with Gasteiger partial charge in [-0.3, -0.25) is 0 Å². The van der Waals surface area contributed by atoms with Gasteiger partial charge in [0.1, 0.15) is 11.6 Å². The number of anilines is 1. The highest BCUT2D eigenvalue weighted by molar-refractivity contribution is 5.41. The molecule has 3 atom stereocenters. The molecular formula is C15H25N3. The molecule has 2 aliphatic rings. The van der Waals surface area contributed by atoms with E-state index in [9.17, 15) is 0 Å². The number of hydrogen-bond acceptors (Lipinski definition) is 2. The van der Waals surface area contributed by atoms with Crippen LogP contribution >= 0.6 is 0 Å². The molecule has 0 saturated heterocycles. The first-order valence-corrected chi connectivity index (χ1v) is 7.50. The van der Waals surface area contributed by atoms with E-state index in [1.165, 1.54) is 43.6 Å². The third kappa shape index (κ3) is 2.04. The number of rotatable bonds is 1. The zero-order valence-electron chi connectivity index (χ0n) is 11.7. The molecule has 1 fully saturated rings. The normalized spacial score (nSPS) is 32.2. The second kappa shape index (κ2) is 4.60. The van der Waals surface area contributed by atoms with E-state index in [2.05, 4.69) is 18.4 Å². The summed E-state index contributed by atoms with van der Waals surface area (Å²) in [6, 6.07) is 0. The predicted molar refractivity (Wildman–Crippen MR) is 74.5 cm³/mol. The third-order valence-electron chi connectivity index (χ3n) is 4.81. The highest BCUT2D eigenvalue weighted by Crippen LogP contribution is 2.39. The molecule has 1 saturated carbocycles. The lowest BCUT2D eigenvalue weighted by Gasteiger charge is -2.25. The Morgan fingerprint density at radius 1 is 1.17 bits per heavy atom. The number of nitrogen functional groups attached to an aromatic ring is 1. The van der Waals surface area contributed by atoms with Crippen LogP contribution in [0, 0.1) is 11.8 Å². The number of fused-ring (bicyclic) bond motifs is 1. The number of hydrogen-bond donors (Lipinski definition) is 1. The van der Waals surface area contributed by atoms with Gasteiger partial charge in [0.25, 0.3) is 0 Å². The predicted octanol–water partition coefficient (Wildman–Crippen LogP) is 3.34. The topological polar surface area (TPSA) is 43.8 Å². The smallest absolute Gasteiger partial charge is 0.127 e. The Bertz CT molecular complexity index is 435. The summed E-state index contributed by atoms with van der Waals surface area (Å²) in [5.74, 6) is 4.41. The minimum absolute atomic E-state index is 0.613. The molecule has 0 bridgehead atoms. The molecule has 2 heterocycles. The van der Waals surface area contributed by atoms with Crippen molar-refractivity contribution in [2.75, 3.05) is 5.73 Å². The molecule has 0 radical (unpaired) electrons. The van der Waals surface area contributed by atoms with Gasteiger partial charge in [-0.05, 0) is 31.1 Å². The van der Waals surface area contributed by atoms with Crippen LogP contribution in [-0.2, 0) is 13.0 Å². The average molecular weight is 247 g/mol. The quantitative estimate of drug-likeness (QED) is 0.827. The summed E-state index contributed by atoms with van der Waals surface area (Å²) in [7, 11) is 0. The number of aromatic nitrogens is 2. The molecule has 3 unspecified atom stereocenters. The van der Waals surface area contributed by atoms with E-state index in [-0.39, 0.29) is 0 Å². The standard InChI is InChI=1S/C15H25N3/c1-10-4-3-5-12(8-10)14-15(16)18-7-6-11(2)9-13(18)17-14/h10-12H,3-9,16H2,1-2H3. The summed E-state index contributed by atoms with van der Waals surface area (Å²) in [6.45, 7) is 5.74. The molecular weight excluding hydrogens is 222 g/mol. The number of nitrogens with two attached hydrogens (primary N) is 1. The van der Waals surface area contributed by atoms with Crippen LogP contribution in [-0.4, -0.2) is 9.55 Å². The highest BCUT2D eigenvalue weighted by atomic mass is 15.1. The van der Waals surface area contributed by atoms with Crippen LogP contribution in [0.25, 0.3) is 0 Å². The maximum absolute atomic E-state index is 6.35. The molecule has 2 N–H and O–H groups in total. The lowest BCUT2D eigenvalue weighted by molar-refractivity contribution is 0.341. The van der Waals surface area contributed by atoms with E-state index in [1.54, 1.807) is 0 Å². The summed E-state index contributed by atoms with van der Waals surface area (Å²) in [5, 5.41) is 0. The molecule has 1 aromatic heterocycles. The highest BCUT2D eigenvalue weighted by Gasteiger charge is 2.28. The van der Waals surface area contributed by atoms with Gasteiger partial charge in [-0.15, -0.1) is 0 Å². The van der Waals surface area contributed by atoms with Gasteiger partial charge in [0, 0.05) is 18.9 Å². The van der Waals surface area contributed by atoms with Crippen LogP contribution < -0.4 is 5.73 Å². The van der Waals surface area contributed by atoms with Crippen molar-refractivity contribution >= 4 is 5.82 Å². The van der Waals surface area contributed by atoms with Gasteiger partial charge in [-0.25, -0.2) is 4.98 Å². The largest absolute Gasteiger partial charge is 0.384 e. The van der Waals surface area contributed by atoms with Crippen LogP contribution in [0.4, 0.5) is 5.82 Å². The van der Waals surface area contributed by atoms with E-state index in [0.29, 0.717) is 5.92 Å². The SMILES string of the molecule is CC1CCn2c(nc(C3CCCC(C)C3)c2N)C1. The van der Waals surface area contributed by atoms with Crippen LogP contribution in [0.2, 0.25) is 0 Å². The first-order valence-electron chi connectivity index (χ1n) is 7.50. The van der Waals surface area contributed by atoms with Crippen molar-refractivity contribution in [2.24, 2.45) is 11.8 Å². The van der Waals surface area contributed by atoms with E-state index >= 15 is 0 Å². The maximum atomic E-state index is 6.35. The van der Waals surface area contributed by atoms with E-state index in [4.69, 9.17) is 10.7 Å². The van der Waals surface area contributed by atoms with Gasteiger partial charge in [0.15, 0.2) is 0 Å². The first kappa shape index (κ1) is 12.1. The fraction of sp³-hybridized carbons (Fsp3) is 0.800. The summed E-state index contributed by atoms with van der Waals surface area (Å²) in [6.07, 6.45) is 7.61. The van der Waals surface area contributed by atoms with E-state index in [1.807, 2.05) is 0 Å². The lowest BCUT2D eigenvalue weighted by atomic mass is 9.81. The summed E-state index contributed by atoms with van der Waals surface area (Å²) in [4.78, 5) is 4.90. The van der Waals surface area contributed by atoms with Gasteiger partial charge in [0.2, 0.25) is 0 Å². The Hall–Kier alpha value is -0.990. The summed E-state index contributed by atoms with van der Waals surface area (Å²) in [5.41, 5.74) is 7.56. The van der Waals surface area contributed by atoms with Crippen molar-refractivity contribution in [3.8, 4) is 0 Å². The second-order valence-corrected chi connectivity index (χ2v) is 6.52. The molecule has 18 heavy (non-hydrogen) atoms. The van der Waals surface area contributed by atoms with Crippen LogP contribution in [0.5, 0.6) is 0 Å². The molecule has 0 spiro atoms. The molecule has 0 aromatic carbocycles. The van der Waals surface area contributed by atoms with Gasteiger partial charge < -0.3 is 10.3 Å². The summed E-state index contributed by atoms with van der Waals surface area (Å²) >= 11 is 0. The number of nitrogens with zero attached hydrogens (tertiary/aromatic N) is 2. The Balaban J connectivity index is 1.88. The Labute approximate surface area is 110 Å². The zero-order valence-corrected chi connectivity index (χ0v) is 11.7. The molecule has 1 aliphatic heterocycles. The van der Waals surface area contributed by atoms with E-state index in [0.717, 1.165) is 30.6 Å². The fourth-order valence-corrected chi connectivity index (χ4v) is 3.69. The van der Waals surface area contributed by atoms with Gasteiger partial charge in [-0.2, -0.15) is 0 Å². The van der Waals surface area contributed by atoms with Crippen molar-refractivity contribution in [1.29, 1.82) is 0 Å². The molecule has 1 aliphatic carbocycles. The lowest BCUT2D eigenvalue weighted by Crippen LogP contribution is -2.18. The minimum Gasteiger partial charge on any atom is -0.384 e. The van der Waals surface area contributed by atoms with Crippen LogP contribution in [0.15, 0.2) is 0 Å². The molecule has 3 rings (SSSR count). The van der Waals surface area contributed by atoms with Crippen molar-refractivity contribution in [3.63, 3.8) is 0 Å². The molecule has 0 amide bonds. The molecule has 3 nitrogen and oxygen atoms in total. The minimum atomic E-state index is 0.613. The monoisotopic (exact) mass is 247 g/mol. The van der Waals surface area contributed by atoms with Crippen LogP contribution in [0.3, 0.4) is 0 Å².